The van der Waals surface area contributed by atoms with Crippen LogP contribution in [-0.4, -0.2) is 31.3 Å². The van der Waals surface area contributed by atoms with Gasteiger partial charge in [-0.3, -0.25) is 9.48 Å². The van der Waals surface area contributed by atoms with E-state index in [4.69, 9.17) is 0 Å². The fourth-order valence-electron chi connectivity index (χ4n) is 3.28. The van der Waals surface area contributed by atoms with E-state index in [9.17, 15) is 4.79 Å². The van der Waals surface area contributed by atoms with Crippen LogP contribution in [-0.2, 0) is 24.8 Å². The van der Waals surface area contributed by atoms with E-state index >= 15 is 0 Å². The number of hydrogen-bond acceptors (Lipinski definition) is 3. The number of aryl methyl sites for hydroxylation is 2. The normalized spacial score (nSPS) is 27.2. The first-order chi connectivity index (χ1) is 10.2. The average Bonchev–Trinajstić information content (AvgIpc) is 2.93. The molecule has 3 atom stereocenters. The van der Waals surface area contributed by atoms with E-state index in [0.717, 1.165) is 31.6 Å². The van der Waals surface area contributed by atoms with Gasteiger partial charge in [-0.1, -0.05) is 0 Å². The summed E-state index contributed by atoms with van der Waals surface area (Å²) < 4.78 is 3.93. The van der Waals surface area contributed by atoms with E-state index < -0.39 is 0 Å². The van der Waals surface area contributed by atoms with Crippen LogP contribution in [0.25, 0.3) is 0 Å². The molecule has 21 heavy (non-hydrogen) atoms. The maximum atomic E-state index is 12.4. The van der Waals surface area contributed by atoms with Gasteiger partial charge in [0, 0.05) is 50.6 Å². The molecule has 0 saturated heterocycles. The first-order valence-corrected chi connectivity index (χ1v) is 7.49. The number of hydrogen-bond donors (Lipinski definition) is 1. The molecule has 0 aromatic carbocycles. The lowest BCUT2D eigenvalue weighted by Gasteiger charge is -2.24. The largest absolute Gasteiger partial charge is 0.351 e. The van der Waals surface area contributed by atoms with Crippen LogP contribution >= 0.6 is 0 Å². The van der Waals surface area contributed by atoms with Gasteiger partial charge in [0.15, 0.2) is 0 Å². The molecule has 3 heterocycles. The molecule has 0 spiro atoms. The van der Waals surface area contributed by atoms with Crippen molar-refractivity contribution in [2.75, 3.05) is 0 Å². The summed E-state index contributed by atoms with van der Waals surface area (Å²) in [5, 5.41) is 7.38. The van der Waals surface area contributed by atoms with Crippen LogP contribution in [0.5, 0.6) is 0 Å². The van der Waals surface area contributed by atoms with E-state index in [0.29, 0.717) is 5.92 Å². The van der Waals surface area contributed by atoms with Crippen molar-refractivity contribution in [1.29, 1.82) is 0 Å². The van der Waals surface area contributed by atoms with E-state index in [1.165, 1.54) is 5.56 Å². The van der Waals surface area contributed by atoms with E-state index in [1.54, 1.807) is 4.68 Å². The molecule has 1 aliphatic carbocycles. The number of nitrogens with one attached hydrogen (secondary N) is 1. The fourth-order valence-corrected chi connectivity index (χ4v) is 3.28. The van der Waals surface area contributed by atoms with Crippen molar-refractivity contribution in [2.45, 2.75) is 37.8 Å². The summed E-state index contributed by atoms with van der Waals surface area (Å²) >= 11 is 0. The highest BCUT2D eigenvalue weighted by Gasteiger charge is 2.45. The monoisotopic (exact) mass is 285 g/mol. The topological polar surface area (TPSA) is 64.7 Å². The zero-order chi connectivity index (χ0) is 14.4. The number of carbonyl (C=O) groups excluding carboxylic acids is 1. The number of aromatic nitrogens is 4. The number of rotatable bonds is 3. The van der Waals surface area contributed by atoms with Crippen molar-refractivity contribution in [3.8, 4) is 0 Å². The number of imidazole rings is 1. The van der Waals surface area contributed by atoms with E-state index in [-0.39, 0.29) is 17.9 Å². The lowest BCUT2D eigenvalue weighted by Crippen LogP contribution is -2.41. The number of nitrogens with zero attached hydrogens (tertiary/aromatic N) is 4. The lowest BCUT2D eigenvalue weighted by atomic mass is 10.1. The molecule has 1 N–H and O–H groups in total. The highest BCUT2D eigenvalue weighted by atomic mass is 16.2. The molecule has 6 heteroatoms. The van der Waals surface area contributed by atoms with Crippen molar-refractivity contribution in [3.63, 3.8) is 0 Å². The van der Waals surface area contributed by atoms with Gasteiger partial charge in [-0.25, -0.2) is 4.98 Å². The Hall–Kier alpha value is -2.11. The van der Waals surface area contributed by atoms with Crippen LogP contribution in [0.15, 0.2) is 24.8 Å². The van der Waals surface area contributed by atoms with E-state index in [2.05, 4.69) is 20.0 Å². The molecule has 0 radical (unpaired) electrons. The lowest BCUT2D eigenvalue weighted by molar-refractivity contribution is -0.123. The highest BCUT2D eigenvalue weighted by Crippen LogP contribution is 2.47. The summed E-state index contributed by atoms with van der Waals surface area (Å²) in [6.07, 6.45) is 10.6. The summed E-state index contributed by atoms with van der Waals surface area (Å²) in [5.41, 5.74) is 1.18. The fraction of sp³-hybridized carbons (Fsp3) is 0.533. The molecule has 4 rings (SSSR count). The van der Waals surface area contributed by atoms with Gasteiger partial charge in [0.1, 0.15) is 5.82 Å². The zero-order valence-corrected chi connectivity index (χ0v) is 12.1. The summed E-state index contributed by atoms with van der Waals surface area (Å²) in [7, 11) is 1.91. The Balaban J connectivity index is 1.35. The molecular formula is C15H19N5O. The van der Waals surface area contributed by atoms with Crippen molar-refractivity contribution in [3.05, 3.63) is 36.2 Å². The van der Waals surface area contributed by atoms with Gasteiger partial charge in [0.25, 0.3) is 0 Å². The van der Waals surface area contributed by atoms with Crippen LogP contribution < -0.4 is 5.32 Å². The highest BCUT2D eigenvalue weighted by molar-refractivity contribution is 5.83. The maximum Gasteiger partial charge on any atom is 0.224 e. The van der Waals surface area contributed by atoms with Crippen LogP contribution in [0.4, 0.5) is 0 Å². The summed E-state index contributed by atoms with van der Waals surface area (Å²) in [5.74, 6) is 1.79. The number of fused-ring (bicyclic) bond motifs is 1. The van der Waals surface area contributed by atoms with Gasteiger partial charge < -0.3 is 9.88 Å². The summed E-state index contributed by atoms with van der Waals surface area (Å²) in [4.78, 5) is 16.7. The Bertz CT molecular complexity index is 673. The second-order valence-corrected chi connectivity index (χ2v) is 6.14. The smallest absolute Gasteiger partial charge is 0.224 e. The van der Waals surface area contributed by atoms with Crippen molar-refractivity contribution in [2.24, 2.45) is 13.0 Å². The van der Waals surface area contributed by atoms with Gasteiger partial charge in [-0.15, -0.1) is 0 Å². The summed E-state index contributed by atoms with van der Waals surface area (Å²) in [6.45, 7) is 0.839. The molecular weight excluding hydrogens is 266 g/mol. The van der Waals surface area contributed by atoms with Crippen LogP contribution in [0.3, 0.4) is 0 Å². The molecule has 1 fully saturated rings. The molecule has 1 aliphatic heterocycles. The van der Waals surface area contributed by atoms with Crippen molar-refractivity contribution >= 4 is 5.91 Å². The SMILES string of the molecule is Cn1cc([C@@H]2C[C@H]2C(=O)N[C@@H]2CCc3nccn3C2)cn1. The van der Waals surface area contributed by atoms with Gasteiger partial charge in [0.2, 0.25) is 5.91 Å². The second-order valence-electron chi connectivity index (χ2n) is 6.14. The van der Waals surface area contributed by atoms with Crippen LogP contribution in [0.1, 0.15) is 30.1 Å². The van der Waals surface area contributed by atoms with Crippen LogP contribution in [0.2, 0.25) is 0 Å². The first-order valence-electron chi connectivity index (χ1n) is 7.49. The predicted molar refractivity (Wildman–Crippen MR) is 76.5 cm³/mol. The Morgan fingerprint density at radius 1 is 1.48 bits per heavy atom. The molecule has 2 aromatic heterocycles. The Morgan fingerprint density at radius 3 is 3.19 bits per heavy atom. The second kappa shape index (κ2) is 4.72. The summed E-state index contributed by atoms with van der Waals surface area (Å²) in [6, 6.07) is 0.231. The van der Waals surface area contributed by atoms with Gasteiger partial charge in [0.05, 0.1) is 6.20 Å². The minimum absolute atomic E-state index is 0.124. The molecule has 1 saturated carbocycles. The molecule has 2 aliphatic rings. The first kappa shape index (κ1) is 12.6. The Morgan fingerprint density at radius 2 is 2.38 bits per heavy atom. The van der Waals surface area contributed by atoms with Gasteiger partial charge >= 0.3 is 0 Å². The third kappa shape index (κ3) is 2.34. The zero-order valence-electron chi connectivity index (χ0n) is 12.1. The minimum atomic E-state index is 0.124. The van der Waals surface area contributed by atoms with Gasteiger partial charge in [-0.2, -0.15) is 5.10 Å². The number of amides is 1. The quantitative estimate of drug-likeness (QED) is 0.909. The number of carbonyl (C=O) groups is 1. The predicted octanol–water partition coefficient (Wildman–Crippen LogP) is 0.851. The molecule has 1 amide bonds. The maximum absolute atomic E-state index is 12.4. The minimum Gasteiger partial charge on any atom is -0.351 e. The van der Waals surface area contributed by atoms with Crippen molar-refractivity contribution < 1.29 is 4.79 Å². The molecule has 2 aromatic rings. The van der Waals surface area contributed by atoms with Crippen molar-refractivity contribution in [1.82, 2.24) is 24.6 Å². The van der Waals surface area contributed by atoms with Gasteiger partial charge in [-0.05, 0) is 24.3 Å². The third-order valence-corrected chi connectivity index (χ3v) is 4.56. The average molecular weight is 285 g/mol. The third-order valence-electron chi connectivity index (χ3n) is 4.56. The molecule has 110 valence electrons. The standard InChI is InChI=1S/C15H19N5O/c1-19-8-10(7-17-19)12-6-13(12)15(21)18-11-2-3-14-16-4-5-20(14)9-11/h4-5,7-8,11-13H,2-3,6,9H2,1H3,(H,18,21)/t11-,12+,13-/m1/s1. The Kier molecular flexibility index (Phi) is 2.83. The molecule has 6 nitrogen and oxygen atoms in total. The Labute approximate surface area is 123 Å². The molecule has 0 bridgehead atoms. The van der Waals surface area contributed by atoms with Crippen LogP contribution in [0, 0.1) is 5.92 Å². The van der Waals surface area contributed by atoms with E-state index in [1.807, 2.05) is 31.8 Å². The molecule has 0 unspecified atom stereocenters.